The van der Waals surface area contributed by atoms with Gasteiger partial charge in [-0.15, -0.1) is 0 Å². The average Bonchev–Trinajstić information content (AvgIpc) is 2.47. The molecule has 0 aliphatic heterocycles. The minimum absolute atomic E-state index is 0.0803. The summed E-state index contributed by atoms with van der Waals surface area (Å²) in [4.78, 5) is 12.2. The van der Waals surface area contributed by atoms with Gasteiger partial charge in [0.2, 0.25) is 0 Å². The van der Waals surface area contributed by atoms with Crippen LogP contribution in [0, 0.1) is 0 Å². The Bertz CT molecular complexity index is 633. The molecule has 0 saturated carbocycles. The van der Waals surface area contributed by atoms with Crippen LogP contribution in [0.15, 0.2) is 54.6 Å². The molecule has 1 amide bonds. The van der Waals surface area contributed by atoms with Gasteiger partial charge in [-0.3, -0.25) is 4.79 Å². The van der Waals surface area contributed by atoms with Crippen molar-refractivity contribution in [1.29, 1.82) is 0 Å². The third-order valence-corrected chi connectivity index (χ3v) is 3.75. The molecule has 1 unspecified atom stereocenters. The molecule has 0 bridgehead atoms. The zero-order chi connectivity index (χ0) is 16.9. The standard InChI is InChI=1S/C19H25N3O/c1-15(2)17-9-11-18(12-10-17)21-19(23)14-22(3,20)13-16-7-5-4-6-8-16/h4-12,15H,13-14,20H2,1-3H3/p+1. The Kier molecular flexibility index (Phi) is 5.53. The maximum atomic E-state index is 12.2. The maximum absolute atomic E-state index is 12.2. The molecule has 122 valence electrons. The van der Waals surface area contributed by atoms with E-state index >= 15 is 0 Å². The smallest absolute Gasteiger partial charge is 0.281 e. The summed E-state index contributed by atoms with van der Waals surface area (Å²) in [5.74, 6) is 6.64. The van der Waals surface area contributed by atoms with E-state index in [1.54, 1.807) is 0 Å². The fourth-order valence-corrected chi connectivity index (χ4v) is 2.54. The van der Waals surface area contributed by atoms with Gasteiger partial charge in [-0.25, -0.2) is 4.59 Å². The second-order valence-electron chi connectivity index (χ2n) is 6.61. The Balaban J connectivity index is 1.92. The lowest BCUT2D eigenvalue weighted by atomic mass is 10.0. The number of nitrogens with two attached hydrogens (primary N) is 1. The molecule has 0 heterocycles. The first kappa shape index (κ1) is 17.2. The van der Waals surface area contributed by atoms with Crippen LogP contribution in [-0.4, -0.2) is 24.1 Å². The normalized spacial score (nSPS) is 13.6. The minimum Gasteiger partial charge on any atom is -0.321 e. The quantitative estimate of drug-likeness (QED) is 0.488. The molecular weight excluding hydrogens is 286 g/mol. The van der Waals surface area contributed by atoms with Crippen LogP contribution in [0.3, 0.4) is 0 Å². The Morgan fingerprint density at radius 2 is 1.70 bits per heavy atom. The van der Waals surface area contributed by atoms with E-state index in [1.807, 2.05) is 61.6 Å². The van der Waals surface area contributed by atoms with Crippen molar-refractivity contribution in [2.24, 2.45) is 5.84 Å². The van der Waals surface area contributed by atoms with E-state index in [-0.39, 0.29) is 17.0 Å². The number of hydrogen-bond donors (Lipinski definition) is 2. The van der Waals surface area contributed by atoms with Crippen LogP contribution < -0.4 is 11.2 Å². The van der Waals surface area contributed by atoms with Crippen LogP contribution in [0.4, 0.5) is 5.69 Å². The highest BCUT2D eigenvalue weighted by atomic mass is 16.2. The highest BCUT2D eigenvalue weighted by Crippen LogP contribution is 2.17. The number of carbonyl (C=O) groups is 1. The summed E-state index contributed by atoms with van der Waals surface area (Å²) in [6.07, 6.45) is 0. The molecule has 0 fully saturated rings. The highest BCUT2D eigenvalue weighted by Gasteiger charge is 2.22. The molecule has 23 heavy (non-hydrogen) atoms. The van der Waals surface area contributed by atoms with Crippen LogP contribution in [0.2, 0.25) is 0 Å². The second-order valence-corrected chi connectivity index (χ2v) is 6.61. The van der Waals surface area contributed by atoms with Crippen LogP contribution in [0.1, 0.15) is 30.9 Å². The van der Waals surface area contributed by atoms with E-state index in [4.69, 9.17) is 5.84 Å². The van der Waals surface area contributed by atoms with Gasteiger partial charge in [0.1, 0.15) is 6.54 Å². The molecule has 4 heteroatoms. The zero-order valence-electron chi connectivity index (χ0n) is 14.1. The number of benzene rings is 2. The van der Waals surface area contributed by atoms with Gasteiger partial charge in [0.15, 0.2) is 6.54 Å². The third-order valence-electron chi connectivity index (χ3n) is 3.75. The lowest BCUT2D eigenvalue weighted by Crippen LogP contribution is -2.54. The van der Waals surface area contributed by atoms with Crippen LogP contribution in [0.5, 0.6) is 0 Å². The van der Waals surface area contributed by atoms with Crippen molar-refractivity contribution in [2.45, 2.75) is 26.3 Å². The van der Waals surface area contributed by atoms with Crippen molar-refractivity contribution in [3.05, 3.63) is 65.7 Å². The molecule has 0 aliphatic rings. The number of carbonyl (C=O) groups excluding carboxylic acids is 1. The average molecular weight is 312 g/mol. The van der Waals surface area contributed by atoms with Gasteiger partial charge in [0, 0.05) is 11.3 Å². The SMILES string of the molecule is CC(C)c1ccc(NC(=O)C[N+](C)(N)Cc2ccccc2)cc1. The number of nitrogens with zero attached hydrogens (tertiary/aromatic N) is 1. The number of hydrogen-bond acceptors (Lipinski definition) is 2. The van der Waals surface area contributed by atoms with Crippen molar-refractivity contribution >= 4 is 11.6 Å². The van der Waals surface area contributed by atoms with Crippen molar-refractivity contribution < 1.29 is 9.39 Å². The molecular formula is C19H26N3O+. The third kappa shape index (κ3) is 5.51. The summed E-state index contributed by atoms with van der Waals surface area (Å²) in [7, 11) is 1.86. The molecule has 0 saturated heterocycles. The molecule has 0 aromatic heterocycles. The van der Waals surface area contributed by atoms with Crippen molar-refractivity contribution in [3.63, 3.8) is 0 Å². The summed E-state index contributed by atoms with van der Waals surface area (Å²) in [5, 5.41) is 2.92. The predicted octanol–water partition coefficient (Wildman–Crippen LogP) is 3.27. The number of rotatable bonds is 6. The highest BCUT2D eigenvalue weighted by molar-refractivity contribution is 5.91. The Hall–Kier alpha value is -2.17. The van der Waals surface area contributed by atoms with Crippen molar-refractivity contribution in [2.75, 3.05) is 18.9 Å². The van der Waals surface area contributed by atoms with Gasteiger partial charge in [0.25, 0.3) is 5.91 Å². The summed E-state index contributed by atoms with van der Waals surface area (Å²) in [6, 6.07) is 17.9. The largest absolute Gasteiger partial charge is 0.321 e. The second kappa shape index (κ2) is 7.40. The van der Waals surface area contributed by atoms with Gasteiger partial charge in [-0.05, 0) is 23.6 Å². The molecule has 0 radical (unpaired) electrons. The van der Waals surface area contributed by atoms with E-state index in [0.29, 0.717) is 12.5 Å². The number of nitrogens with one attached hydrogen (secondary N) is 1. The number of quaternary nitrogens is 1. The van der Waals surface area contributed by atoms with Gasteiger partial charge in [-0.1, -0.05) is 56.3 Å². The van der Waals surface area contributed by atoms with Crippen molar-refractivity contribution in [3.8, 4) is 0 Å². The monoisotopic (exact) mass is 312 g/mol. The minimum atomic E-state index is -0.0803. The number of anilines is 1. The maximum Gasteiger partial charge on any atom is 0.281 e. The number of likely N-dealkylation sites (N-methyl/N-ethyl adjacent to an activating group) is 1. The Labute approximate surface area is 138 Å². The fraction of sp³-hybridized carbons (Fsp3) is 0.316. The van der Waals surface area contributed by atoms with Crippen molar-refractivity contribution in [1.82, 2.24) is 0 Å². The van der Waals surface area contributed by atoms with Gasteiger partial charge in [0.05, 0.1) is 7.05 Å². The van der Waals surface area contributed by atoms with Crippen LogP contribution in [0.25, 0.3) is 0 Å². The van der Waals surface area contributed by atoms with E-state index in [9.17, 15) is 4.79 Å². The first-order valence-electron chi connectivity index (χ1n) is 7.92. The Morgan fingerprint density at radius 3 is 2.26 bits per heavy atom. The summed E-state index contributed by atoms with van der Waals surface area (Å²) in [6.45, 7) is 5.13. The van der Waals surface area contributed by atoms with Crippen LogP contribution in [-0.2, 0) is 11.3 Å². The molecule has 0 aliphatic carbocycles. The topological polar surface area (TPSA) is 55.1 Å². The zero-order valence-corrected chi connectivity index (χ0v) is 14.1. The van der Waals surface area contributed by atoms with E-state index in [2.05, 4.69) is 19.2 Å². The molecule has 3 N–H and O–H groups in total. The van der Waals surface area contributed by atoms with Gasteiger partial charge in [-0.2, -0.15) is 5.84 Å². The fourth-order valence-electron chi connectivity index (χ4n) is 2.54. The first-order chi connectivity index (χ1) is 10.9. The number of amides is 1. The molecule has 1 atom stereocenters. The lowest BCUT2D eigenvalue weighted by molar-refractivity contribution is -0.926. The lowest BCUT2D eigenvalue weighted by Gasteiger charge is -2.27. The molecule has 2 aromatic carbocycles. The summed E-state index contributed by atoms with van der Waals surface area (Å²) < 4.78 is 0.125. The van der Waals surface area contributed by atoms with E-state index in [0.717, 1.165) is 11.3 Å². The van der Waals surface area contributed by atoms with E-state index in [1.165, 1.54) is 5.56 Å². The molecule has 2 rings (SSSR count). The predicted molar refractivity (Wildman–Crippen MR) is 94.5 cm³/mol. The van der Waals surface area contributed by atoms with E-state index < -0.39 is 0 Å². The Morgan fingerprint density at radius 1 is 1.09 bits per heavy atom. The van der Waals surface area contributed by atoms with Crippen LogP contribution >= 0.6 is 0 Å². The molecule has 4 nitrogen and oxygen atoms in total. The van der Waals surface area contributed by atoms with Gasteiger partial charge < -0.3 is 5.32 Å². The first-order valence-corrected chi connectivity index (χ1v) is 7.92. The molecule has 2 aromatic rings. The summed E-state index contributed by atoms with van der Waals surface area (Å²) >= 11 is 0. The van der Waals surface area contributed by atoms with Gasteiger partial charge >= 0.3 is 0 Å². The summed E-state index contributed by atoms with van der Waals surface area (Å²) in [5.41, 5.74) is 3.18. The molecule has 0 spiro atoms.